The largest absolute Gasteiger partial charge is 0.380 e. The van der Waals surface area contributed by atoms with Crippen LogP contribution in [0.1, 0.15) is 21.5 Å². The summed E-state index contributed by atoms with van der Waals surface area (Å²) in [5.74, 6) is -0.242. The zero-order chi connectivity index (χ0) is 15.2. The summed E-state index contributed by atoms with van der Waals surface area (Å²) in [4.78, 5) is 12.2. The minimum absolute atomic E-state index is 0.242. The van der Waals surface area contributed by atoms with Gasteiger partial charge in [0.25, 0.3) is 5.91 Å². The number of rotatable bonds is 4. The van der Waals surface area contributed by atoms with Gasteiger partial charge in [-0.05, 0) is 35.9 Å². The molecule has 2 aromatic rings. The van der Waals surface area contributed by atoms with Crippen LogP contribution in [0.2, 0.25) is 5.02 Å². The number of hydrogen-bond acceptors (Lipinski definition) is 3. The summed E-state index contributed by atoms with van der Waals surface area (Å²) in [5, 5.41) is 11.9. The molecule has 0 saturated carbocycles. The summed E-state index contributed by atoms with van der Waals surface area (Å²) in [6, 6.07) is 13.9. The van der Waals surface area contributed by atoms with Gasteiger partial charge in [-0.2, -0.15) is 5.26 Å². The molecule has 1 amide bonds. The zero-order valence-electron chi connectivity index (χ0n) is 11.4. The minimum Gasteiger partial charge on any atom is -0.380 e. The molecule has 0 spiro atoms. The van der Waals surface area contributed by atoms with E-state index < -0.39 is 0 Å². The number of benzene rings is 2. The van der Waals surface area contributed by atoms with E-state index in [0.717, 1.165) is 5.56 Å². The average Bonchev–Trinajstić information content (AvgIpc) is 2.48. The van der Waals surface area contributed by atoms with E-state index in [9.17, 15) is 4.79 Å². The average molecular weight is 301 g/mol. The molecule has 0 radical (unpaired) electrons. The van der Waals surface area contributed by atoms with Crippen molar-refractivity contribution in [3.63, 3.8) is 0 Å². The zero-order valence-corrected chi connectivity index (χ0v) is 12.1. The molecule has 21 heavy (non-hydrogen) atoms. The number of nitrogens with zero attached hydrogens (tertiary/aromatic N) is 1. The van der Waals surface area contributed by atoms with Crippen molar-refractivity contribution in [1.82, 2.24) is 0 Å². The predicted molar refractivity (Wildman–Crippen MR) is 81.3 cm³/mol. The van der Waals surface area contributed by atoms with Crippen molar-refractivity contribution in [1.29, 1.82) is 5.26 Å². The van der Waals surface area contributed by atoms with Crippen molar-refractivity contribution in [2.75, 3.05) is 12.4 Å². The summed E-state index contributed by atoms with van der Waals surface area (Å²) >= 11 is 5.94. The van der Waals surface area contributed by atoms with E-state index in [0.29, 0.717) is 28.4 Å². The summed E-state index contributed by atoms with van der Waals surface area (Å²) in [6.45, 7) is 0.448. The number of nitrogens with one attached hydrogen (secondary N) is 1. The fraction of sp³-hybridized carbons (Fsp3) is 0.125. The van der Waals surface area contributed by atoms with Gasteiger partial charge in [0.2, 0.25) is 0 Å². The van der Waals surface area contributed by atoms with Crippen molar-refractivity contribution in [3.05, 3.63) is 64.2 Å². The van der Waals surface area contributed by atoms with Crippen LogP contribution in [0.15, 0.2) is 42.5 Å². The van der Waals surface area contributed by atoms with Crippen molar-refractivity contribution in [2.24, 2.45) is 0 Å². The number of nitriles is 1. The lowest BCUT2D eigenvalue weighted by atomic mass is 10.1. The third-order valence-electron chi connectivity index (χ3n) is 2.85. The maximum absolute atomic E-state index is 12.2. The summed E-state index contributed by atoms with van der Waals surface area (Å²) < 4.78 is 5.04. The van der Waals surface area contributed by atoms with Gasteiger partial charge in [0.1, 0.15) is 6.07 Å². The predicted octanol–water partition coefficient (Wildman–Crippen LogP) is 3.61. The first-order valence-electron chi connectivity index (χ1n) is 6.23. The Morgan fingerprint density at radius 1 is 1.33 bits per heavy atom. The number of carbonyl (C=O) groups is 1. The van der Waals surface area contributed by atoms with Crippen LogP contribution in [0.4, 0.5) is 5.69 Å². The van der Waals surface area contributed by atoms with Gasteiger partial charge in [-0.15, -0.1) is 0 Å². The summed E-state index contributed by atoms with van der Waals surface area (Å²) in [5.41, 5.74) is 2.37. The number of carbonyl (C=O) groups excluding carboxylic acids is 1. The quantitative estimate of drug-likeness (QED) is 0.938. The Morgan fingerprint density at radius 3 is 2.81 bits per heavy atom. The first kappa shape index (κ1) is 15.0. The van der Waals surface area contributed by atoms with Gasteiger partial charge < -0.3 is 10.1 Å². The molecule has 106 valence electrons. The van der Waals surface area contributed by atoms with Gasteiger partial charge in [0, 0.05) is 18.4 Å². The normalized spacial score (nSPS) is 9.95. The molecule has 0 saturated heterocycles. The van der Waals surface area contributed by atoms with E-state index in [1.807, 2.05) is 12.1 Å². The first-order valence-corrected chi connectivity index (χ1v) is 6.60. The Bertz CT molecular complexity index is 708. The van der Waals surface area contributed by atoms with Gasteiger partial charge in [-0.1, -0.05) is 23.7 Å². The van der Waals surface area contributed by atoms with E-state index >= 15 is 0 Å². The molecule has 0 heterocycles. The number of halogens is 1. The Labute approximate surface area is 127 Å². The molecule has 0 aromatic heterocycles. The second-order valence-electron chi connectivity index (χ2n) is 4.39. The van der Waals surface area contributed by atoms with Crippen LogP contribution < -0.4 is 5.32 Å². The molecule has 4 nitrogen and oxygen atoms in total. The van der Waals surface area contributed by atoms with Crippen LogP contribution >= 0.6 is 11.6 Å². The minimum atomic E-state index is -0.242. The molecule has 0 fully saturated rings. The second kappa shape index (κ2) is 6.89. The molecule has 0 bridgehead atoms. The molecule has 0 aliphatic heterocycles. The fourth-order valence-corrected chi connectivity index (χ4v) is 2.08. The van der Waals surface area contributed by atoms with E-state index in [1.165, 1.54) is 0 Å². The SMILES string of the molecule is COCc1cccc(C(=O)Nc2ccc(C#N)c(Cl)c2)c1. The number of methoxy groups -OCH3 is 1. The number of hydrogen-bond donors (Lipinski definition) is 1. The monoisotopic (exact) mass is 300 g/mol. The van der Waals surface area contributed by atoms with Gasteiger partial charge in [-0.3, -0.25) is 4.79 Å². The summed E-state index contributed by atoms with van der Waals surface area (Å²) in [6.07, 6.45) is 0. The molecule has 2 aromatic carbocycles. The van der Waals surface area contributed by atoms with E-state index in [2.05, 4.69) is 5.32 Å². The molecular weight excluding hydrogens is 288 g/mol. The maximum atomic E-state index is 12.2. The second-order valence-corrected chi connectivity index (χ2v) is 4.80. The smallest absolute Gasteiger partial charge is 0.255 e. The van der Waals surface area contributed by atoms with Crippen molar-refractivity contribution in [3.8, 4) is 6.07 Å². The molecule has 5 heteroatoms. The Kier molecular flexibility index (Phi) is 4.94. The molecule has 2 rings (SSSR count). The van der Waals surface area contributed by atoms with Crippen LogP contribution in [-0.2, 0) is 11.3 Å². The third-order valence-corrected chi connectivity index (χ3v) is 3.16. The van der Waals surface area contributed by atoms with Gasteiger partial charge in [0.15, 0.2) is 0 Å². The van der Waals surface area contributed by atoms with Crippen LogP contribution in [0.5, 0.6) is 0 Å². The fourth-order valence-electron chi connectivity index (χ4n) is 1.86. The number of ether oxygens (including phenoxy) is 1. The molecule has 0 aliphatic rings. The Hall–Kier alpha value is -2.35. The van der Waals surface area contributed by atoms with E-state index in [1.54, 1.807) is 43.5 Å². The van der Waals surface area contributed by atoms with Crippen LogP contribution in [-0.4, -0.2) is 13.0 Å². The van der Waals surface area contributed by atoms with Crippen molar-refractivity contribution >= 4 is 23.2 Å². The highest BCUT2D eigenvalue weighted by molar-refractivity contribution is 6.32. The van der Waals surface area contributed by atoms with Crippen molar-refractivity contribution in [2.45, 2.75) is 6.61 Å². The van der Waals surface area contributed by atoms with E-state index in [4.69, 9.17) is 21.6 Å². The molecule has 0 atom stereocenters. The van der Waals surface area contributed by atoms with Crippen LogP contribution in [0.3, 0.4) is 0 Å². The van der Waals surface area contributed by atoms with E-state index in [-0.39, 0.29) is 5.91 Å². The summed E-state index contributed by atoms with van der Waals surface area (Å²) in [7, 11) is 1.60. The van der Waals surface area contributed by atoms with Crippen LogP contribution in [0.25, 0.3) is 0 Å². The lowest BCUT2D eigenvalue weighted by Gasteiger charge is -2.07. The highest BCUT2D eigenvalue weighted by atomic mass is 35.5. The van der Waals surface area contributed by atoms with Crippen LogP contribution in [0, 0.1) is 11.3 Å². The first-order chi connectivity index (χ1) is 10.1. The lowest BCUT2D eigenvalue weighted by molar-refractivity contribution is 0.102. The number of amides is 1. The van der Waals surface area contributed by atoms with Gasteiger partial charge in [0.05, 0.1) is 17.2 Å². The Morgan fingerprint density at radius 2 is 2.14 bits per heavy atom. The molecule has 0 aliphatic carbocycles. The Balaban J connectivity index is 2.16. The molecule has 1 N–H and O–H groups in total. The topological polar surface area (TPSA) is 62.1 Å². The standard InChI is InChI=1S/C16H13ClN2O2/c1-21-10-11-3-2-4-12(7-11)16(20)19-14-6-5-13(9-18)15(17)8-14/h2-8H,10H2,1H3,(H,19,20). The number of anilines is 1. The maximum Gasteiger partial charge on any atom is 0.255 e. The van der Waals surface area contributed by atoms with Gasteiger partial charge in [-0.25, -0.2) is 0 Å². The molecule has 0 unspecified atom stereocenters. The highest BCUT2D eigenvalue weighted by Crippen LogP contribution is 2.20. The third kappa shape index (κ3) is 3.82. The molecular formula is C16H13ClN2O2. The highest BCUT2D eigenvalue weighted by Gasteiger charge is 2.08. The van der Waals surface area contributed by atoms with Gasteiger partial charge >= 0.3 is 0 Å². The van der Waals surface area contributed by atoms with Crippen molar-refractivity contribution < 1.29 is 9.53 Å². The lowest BCUT2D eigenvalue weighted by Crippen LogP contribution is -2.12.